The maximum Gasteiger partial charge on any atom is 0.383 e. The van der Waals surface area contributed by atoms with E-state index in [1.807, 2.05) is 34.1 Å². The van der Waals surface area contributed by atoms with Crippen molar-refractivity contribution < 1.29 is 5.11 Å². The van der Waals surface area contributed by atoms with E-state index in [0.717, 1.165) is 25.0 Å². The summed E-state index contributed by atoms with van der Waals surface area (Å²) >= 11 is 0. The van der Waals surface area contributed by atoms with E-state index in [0.29, 0.717) is 5.70 Å². The number of nitrogens with zero attached hydrogens (tertiary/aromatic N) is 4. The normalized spacial score (nSPS) is 23.9. The first kappa shape index (κ1) is 14.8. The largest absolute Gasteiger partial charge is 0.396 e. The molecule has 0 aliphatic heterocycles. The Labute approximate surface area is 109 Å². The van der Waals surface area contributed by atoms with E-state index in [-0.39, 0.29) is 12.3 Å². The molecular formula is C13H23N4O+. The summed E-state index contributed by atoms with van der Waals surface area (Å²) in [6, 6.07) is 0. The molecule has 1 N–H and O–H groups in total. The summed E-state index contributed by atoms with van der Waals surface area (Å²) in [4.78, 5) is 7.66. The van der Waals surface area contributed by atoms with E-state index in [1.54, 1.807) is 0 Å². The fraction of sp³-hybridized carbons (Fsp3) is 0.692. The van der Waals surface area contributed by atoms with Gasteiger partial charge in [0.2, 0.25) is 5.39 Å². The van der Waals surface area contributed by atoms with Gasteiger partial charge in [0.25, 0.3) is 0 Å². The predicted octanol–water partition coefficient (Wildman–Crippen LogP) is 1.65. The number of aliphatic hydroxyl groups excluding tert-OH is 1. The van der Waals surface area contributed by atoms with Gasteiger partial charge in [0.1, 0.15) is 0 Å². The van der Waals surface area contributed by atoms with Gasteiger partial charge >= 0.3 is 5.70 Å². The van der Waals surface area contributed by atoms with Crippen LogP contribution >= 0.6 is 0 Å². The van der Waals surface area contributed by atoms with Crippen LogP contribution in [0.25, 0.3) is 4.98 Å². The summed E-state index contributed by atoms with van der Waals surface area (Å²) in [5, 5.41) is 17.9. The average Bonchev–Trinajstić information content (AvgIpc) is 2.35. The summed E-state index contributed by atoms with van der Waals surface area (Å²) in [7, 11) is 6.12. The smallest absolute Gasteiger partial charge is 0.383 e. The van der Waals surface area contributed by atoms with Crippen molar-refractivity contribution in [1.29, 1.82) is 5.39 Å². The van der Waals surface area contributed by atoms with Crippen LogP contribution in [0.2, 0.25) is 0 Å². The Morgan fingerprint density at radius 3 is 2.56 bits per heavy atom. The lowest BCUT2D eigenvalue weighted by Crippen LogP contribution is -2.56. The van der Waals surface area contributed by atoms with E-state index in [1.165, 1.54) is 0 Å². The molecule has 1 unspecified atom stereocenters. The second-order valence-corrected chi connectivity index (χ2v) is 5.05. The average molecular weight is 251 g/mol. The predicted molar refractivity (Wildman–Crippen MR) is 72.3 cm³/mol. The van der Waals surface area contributed by atoms with Gasteiger partial charge in [-0.1, -0.05) is 0 Å². The molecule has 0 saturated carbocycles. The van der Waals surface area contributed by atoms with Gasteiger partial charge in [-0.2, -0.15) is 0 Å². The molecule has 1 aliphatic rings. The van der Waals surface area contributed by atoms with Gasteiger partial charge < -0.3 is 5.11 Å². The molecule has 100 valence electrons. The Kier molecular flexibility index (Phi) is 5.03. The van der Waals surface area contributed by atoms with Gasteiger partial charge in [-0.3, -0.25) is 9.80 Å². The molecule has 1 rings (SSSR count). The highest BCUT2D eigenvalue weighted by molar-refractivity contribution is 5.37. The monoisotopic (exact) mass is 251 g/mol. The quantitative estimate of drug-likeness (QED) is 0.596. The van der Waals surface area contributed by atoms with Crippen LogP contribution in [-0.2, 0) is 0 Å². The van der Waals surface area contributed by atoms with Crippen molar-refractivity contribution in [2.45, 2.75) is 25.4 Å². The van der Waals surface area contributed by atoms with Crippen LogP contribution in [0.15, 0.2) is 23.4 Å². The Bertz CT molecular complexity index is 394. The maximum absolute atomic E-state index is 8.95. The molecule has 1 aliphatic carbocycles. The number of diazo groups is 1. The van der Waals surface area contributed by atoms with Crippen LogP contribution < -0.4 is 0 Å². The third-order valence-corrected chi connectivity index (χ3v) is 3.67. The molecule has 5 heteroatoms. The van der Waals surface area contributed by atoms with E-state index in [2.05, 4.69) is 20.9 Å². The standard InChI is InChI=1S/C13H23N4O/c1-11-10-13(16(2)3,7-6-12(11)15-14)17(4)8-5-9-18/h6-7,18H,5,8-10H2,1-4H3/q+1. The van der Waals surface area contributed by atoms with Crippen LogP contribution in [0.4, 0.5) is 0 Å². The molecule has 0 spiro atoms. The minimum Gasteiger partial charge on any atom is -0.396 e. The lowest BCUT2D eigenvalue weighted by Gasteiger charge is -2.45. The SMILES string of the molecule is CC1=C([N+]#N)C=CC(N(C)C)(N(C)CCCO)C1. The number of allylic oxidation sites excluding steroid dienone is 1. The molecule has 0 aromatic heterocycles. The number of hydrogen-bond donors (Lipinski definition) is 1. The topological polar surface area (TPSA) is 54.9 Å². The Hall–Kier alpha value is -1.22. The first-order valence-corrected chi connectivity index (χ1v) is 6.21. The molecule has 0 fully saturated rings. The number of aliphatic hydroxyl groups is 1. The van der Waals surface area contributed by atoms with Gasteiger partial charge in [0, 0.05) is 31.2 Å². The lowest BCUT2D eigenvalue weighted by atomic mass is 9.91. The van der Waals surface area contributed by atoms with Crippen LogP contribution in [0.3, 0.4) is 0 Å². The minimum atomic E-state index is -0.215. The zero-order chi connectivity index (χ0) is 13.8. The molecule has 18 heavy (non-hydrogen) atoms. The van der Waals surface area contributed by atoms with E-state index in [9.17, 15) is 0 Å². The molecule has 0 radical (unpaired) electrons. The Morgan fingerprint density at radius 2 is 2.11 bits per heavy atom. The van der Waals surface area contributed by atoms with Crippen molar-refractivity contribution in [3.8, 4) is 0 Å². The fourth-order valence-corrected chi connectivity index (χ4v) is 2.43. The molecule has 1 atom stereocenters. The van der Waals surface area contributed by atoms with Crippen LogP contribution in [0, 0.1) is 5.39 Å². The Morgan fingerprint density at radius 1 is 1.44 bits per heavy atom. The second-order valence-electron chi connectivity index (χ2n) is 5.05. The summed E-state index contributed by atoms with van der Waals surface area (Å²) in [6.07, 6.45) is 5.46. The van der Waals surface area contributed by atoms with Crippen molar-refractivity contribution in [3.63, 3.8) is 0 Å². The third kappa shape index (κ3) is 2.78. The van der Waals surface area contributed by atoms with Crippen molar-refractivity contribution in [2.24, 2.45) is 0 Å². The summed E-state index contributed by atoms with van der Waals surface area (Å²) in [5.74, 6) is 0. The number of rotatable bonds is 5. The highest BCUT2D eigenvalue weighted by Crippen LogP contribution is 2.33. The van der Waals surface area contributed by atoms with Crippen LogP contribution in [0.5, 0.6) is 0 Å². The summed E-state index contributed by atoms with van der Waals surface area (Å²) < 4.78 is 0. The van der Waals surface area contributed by atoms with Crippen molar-refractivity contribution >= 4 is 0 Å². The van der Waals surface area contributed by atoms with Crippen molar-refractivity contribution in [2.75, 3.05) is 34.3 Å². The lowest BCUT2D eigenvalue weighted by molar-refractivity contribution is 0.0248. The zero-order valence-electron chi connectivity index (χ0n) is 11.7. The molecule has 5 nitrogen and oxygen atoms in total. The molecule has 0 bridgehead atoms. The Balaban J connectivity index is 2.97. The van der Waals surface area contributed by atoms with E-state index in [4.69, 9.17) is 10.5 Å². The van der Waals surface area contributed by atoms with Gasteiger partial charge in [-0.15, -0.1) is 0 Å². The van der Waals surface area contributed by atoms with Crippen LogP contribution in [-0.4, -0.2) is 54.9 Å². The molecular weight excluding hydrogens is 228 g/mol. The molecule has 0 amide bonds. The van der Waals surface area contributed by atoms with Gasteiger partial charge in [0.15, 0.2) is 4.98 Å². The molecule has 0 aromatic rings. The summed E-state index contributed by atoms with van der Waals surface area (Å²) in [5.41, 5.74) is 1.49. The van der Waals surface area contributed by atoms with E-state index >= 15 is 0 Å². The highest BCUT2D eigenvalue weighted by atomic mass is 16.3. The van der Waals surface area contributed by atoms with Gasteiger partial charge in [-0.05, 0) is 40.6 Å². The summed E-state index contributed by atoms with van der Waals surface area (Å²) in [6.45, 7) is 3.00. The van der Waals surface area contributed by atoms with Crippen LogP contribution in [0.1, 0.15) is 19.8 Å². The molecule has 0 aromatic carbocycles. The van der Waals surface area contributed by atoms with Gasteiger partial charge in [-0.25, -0.2) is 0 Å². The zero-order valence-corrected chi connectivity index (χ0v) is 11.7. The van der Waals surface area contributed by atoms with Crippen molar-refractivity contribution in [3.05, 3.63) is 28.4 Å². The fourth-order valence-electron chi connectivity index (χ4n) is 2.43. The minimum absolute atomic E-state index is 0.198. The van der Waals surface area contributed by atoms with Crippen molar-refractivity contribution in [1.82, 2.24) is 9.80 Å². The second kappa shape index (κ2) is 6.10. The van der Waals surface area contributed by atoms with Gasteiger partial charge in [0.05, 0.1) is 5.66 Å². The number of hydrogen-bond acceptors (Lipinski definition) is 4. The molecule has 0 heterocycles. The number of likely N-dealkylation sites (N-methyl/N-ethyl adjacent to an activating group) is 2. The van der Waals surface area contributed by atoms with E-state index < -0.39 is 0 Å². The third-order valence-electron chi connectivity index (χ3n) is 3.67. The maximum atomic E-state index is 8.95. The highest BCUT2D eigenvalue weighted by Gasteiger charge is 2.39. The first-order chi connectivity index (χ1) is 8.47. The first-order valence-electron chi connectivity index (χ1n) is 6.21. The molecule has 0 saturated heterocycles.